The molecule has 0 unspecified atom stereocenters. The predicted molar refractivity (Wildman–Crippen MR) is 104 cm³/mol. The van der Waals surface area contributed by atoms with Crippen molar-refractivity contribution < 1.29 is 23.6 Å². The van der Waals surface area contributed by atoms with Gasteiger partial charge in [-0.1, -0.05) is 35.5 Å². The Morgan fingerprint density at radius 1 is 1.07 bits per heavy atom. The Labute approximate surface area is 167 Å². The molecule has 0 saturated heterocycles. The number of hydrogen-bond donors (Lipinski definition) is 2. The maximum atomic E-state index is 12.2. The van der Waals surface area contributed by atoms with Crippen LogP contribution in [0.15, 0.2) is 53.1 Å². The number of benzene rings is 2. The molecule has 1 aromatic heterocycles. The summed E-state index contributed by atoms with van der Waals surface area (Å²) in [6.45, 7) is 1.63. The number of para-hydroxylation sites is 3. The number of amides is 2. The van der Waals surface area contributed by atoms with Crippen LogP contribution in [-0.2, 0) is 17.9 Å². The molecule has 2 aromatic carbocycles. The monoisotopic (exact) mass is 396 g/mol. The van der Waals surface area contributed by atoms with Gasteiger partial charge in [0.05, 0.1) is 12.8 Å². The number of anilines is 1. The van der Waals surface area contributed by atoms with E-state index in [0.29, 0.717) is 17.2 Å². The first-order chi connectivity index (χ1) is 14.1. The van der Waals surface area contributed by atoms with E-state index in [1.54, 1.807) is 31.4 Å². The van der Waals surface area contributed by atoms with Crippen molar-refractivity contribution in [1.82, 2.24) is 15.5 Å². The normalized spacial score (nSPS) is 10.3. The number of nitrogens with zero attached hydrogens (tertiary/aromatic N) is 2. The minimum absolute atomic E-state index is 0.0279. The molecule has 0 aliphatic carbocycles. The lowest BCUT2D eigenvalue weighted by Gasteiger charge is -2.09. The zero-order valence-corrected chi connectivity index (χ0v) is 16.0. The van der Waals surface area contributed by atoms with Crippen molar-refractivity contribution in [3.8, 4) is 11.5 Å². The van der Waals surface area contributed by atoms with Crippen LogP contribution in [0.3, 0.4) is 0 Å². The van der Waals surface area contributed by atoms with Crippen LogP contribution in [0.5, 0.6) is 11.5 Å². The molecule has 0 aliphatic rings. The van der Waals surface area contributed by atoms with Gasteiger partial charge in [0.25, 0.3) is 0 Å². The number of ether oxygens (including phenoxy) is 2. The van der Waals surface area contributed by atoms with Crippen molar-refractivity contribution in [2.24, 2.45) is 0 Å². The van der Waals surface area contributed by atoms with Crippen LogP contribution in [0.4, 0.5) is 5.69 Å². The molecular formula is C20H20N4O5. The van der Waals surface area contributed by atoms with Crippen molar-refractivity contribution in [3.63, 3.8) is 0 Å². The number of aromatic nitrogens is 2. The van der Waals surface area contributed by atoms with Gasteiger partial charge >= 0.3 is 11.8 Å². The summed E-state index contributed by atoms with van der Waals surface area (Å²) >= 11 is 0. The Hall–Kier alpha value is -3.88. The number of hydrogen-bond acceptors (Lipinski definition) is 7. The van der Waals surface area contributed by atoms with Crippen LogP contribution >= 0.6 is 0 Å². The second-order valence-electron chi connectivity index (χ2n) is 5.98. The Morgan fingerprint density at radius 2 is 1.79 bits per heavy atom. The fourth-order valence-corrected chi connectivity index (χ4v) is 2.53. The number of rotatable bonds is 8. The van der Waals surface area contributed by atoms with Crippen LogP contribution < -0.4 is 20.1 Å². The van der Waals surface area contributed by atoms with Gasteiger partial charge in [0.15, 0.2) is 6.61 Å². The molecule has 150 valence electrons. The van der Waals surface area contributed by atoms with E-state index in [9.17, 15) is 9.59 Å². The summed E-state index contributed by atoms with van der Waals surface area (Å²) in [6, 6.07) is 14.3. The number of carbonyl (C=O) groups excluding carboxylic acids is 2. The molecule has 2 N–H and O–H groups in total. The summed E-state index contributed by atoms with van der Waals surface area (Å²) in [7, 11) is 1.56. The minimum atomic E-state index is -0.506. The number of methoxy groups -OCH3 is 1. The van der Waals surface area contributed by atoms with Gasteiger partial charge in [-0.2, -0.15) is 4.98 Å². The van der Waals surface area contributed by atoms with Crippen LogP contribution in [-0.4, -0.2) is 29.1 Å². The van der Waals surface area contributed by atoms with Crippen molar-refractivity contribution >= 4 is 17.5 Å². The fourth-order valence-electron chi connectivity index (χ4n) is 2.53. The molecule has 9 nitrogen and oxygen atoms in total. The summed E-state index contributed by atoms with van der Waals surface area (Å²) in [5.74, 6) is 0.432. The quantitative estimate of drug-likeness (QED) is 0.601. The van der Waals surface area contributed by atoms with Gasteiger partial charge in [-0.3, -0.25) is 9.59 Å². The van der Waals surface area contributed by atoms with E-state index in [0.717, 1.165) is 5.56 Å². The average Bonchev–Trinajstić information content (AvgIpc) is 3.20. The molecule has 0 fully saturated rings. The molecule has 0 aliphatic heterocycles. The summed E-state index contributed by atoms with van der Waals surface area (Å²) in [5.41, 5.74) is 1.35. The molecule has 0 bridgehead atoms. The topological polar surface area (TPSA) is 116 Å². The Balaban J connectivity index is 1.58. The second kappa shape index (κ2) is 9.36. The zero-order valence-electron chi connectivity index (χ0n) is 16.0. The lowest BCUT2D eigenvalue weighted by atomic mass is 10.2. The standard InChI is InChI=1S/C20H20N4O5/c1-13(25)22-15-8-4-6-10-17(15)28-12-18-23-20(29-24-18)19(26)21-11-14-7-3-5-9-16(14)27-2/h3-10H,11-12H2,1-2H3,(H,21,26)(H,22,25). The molecular weight excluding hydrogens is 376 g/mol. The molecule has 0 spiro atoms. The van der Waals surface area contributed by atoms with E-state index in [1.165, 1.54) is 6.92 Å². The van der Waals surface area contributed by atoms with Crippen molar-refractivity contribution in [2.75, 3.05) is 12.4 Å². The van der Waals surface area contributed by atoms with Crippen molar-refractivity contribution in [2.45, 2.75) is 20.1 Å². The molecule has 3 aromatic rings. The second-order valence-corrected chi connectivity index (χ2v) is 5.98. The van der Waals surface area contributed by atoms with Crippen molar-refractivity contribution in [3.05, 3.63) is 65.8 Å². The molecule has 3 rings (SSSR count). The van der Waals surface area contributed by atoms with E-state index < -0.39 is 5.91 Å². The highest BCUT2D eigenvalue weighted by Crippen LogP contribution is 2.24. The SMILES string of the molecule is COc1ccccc1CNC(=O)c1nc(COc2ccccc2NC(C)=O)no1. The third-order valence-electron chi connectivity index (χ3n) is 3.85. The van der Waals surface area contributed by atoms with Gasteiger partial charge in [0.2, 0.25) is 11.7 Å². The van der Waals surface area contributed by atoms with Crippen LogP contribution in [0.2, 0.25) is 0 Å². The Bertz CT molecular complexity index is 1000. The van der Waals surface area contributed by atoms with E-state index in [1.807, 2.05) is 24.3 Å². The first-order valence-electron chi connectivity index (χ1n) is 8.79. The van der Waals surface area contributed by atoms with Gasteiger partial charge in [-0.15, -0.1) is 0 Å². The maximum Gasteiger partial charge on any atom is 0.316 e. The van der Waals surface area contributed by atoms with Gasteiger partial charge in [-0.25, -0.2) is 0 Å². The van der Waals surface area contributed by atoms with Gasteiger partial charge in [0.1, 0.15) is 11.5 Å². The maximum absolute atomic E-state index is 12.2. The highest BCUT2D eigenvalue weighted by Gasteiger charge is 2.16. The molecule has 0 saturated carbocycles. The molecule has 0 atom stereocenters. The largest absolute Gasteiger partial charge is 0.496 e. The van der Waals surface area contributed by atoms with Crippen molar-refractivity contribution in [1.29, 1.82) is 0 Å². The summed E-state index contributed by atoms with van der Waals surface area (Å²) in [4.78, 5) is 27.5. The highest BCUT2D eigenvalue weighted by molar-refractivity contribution is 5.90. The van der Waals surface area contributed by atoms with Gasteiger partial charge in [-0.05, 0) is 18.2 Å². The summed E-state index contributed by atoms with van der Waals surface area (Å²) in [6.07, 6.45) is 0. The molecule has 0 radical (unpaired) electrons. The van der Waals surface area contributed by atoms with Crippen LogP contribution in [0.25, 0.3) is 0 Å². The summed E-state index contributed by atoms with van der Waals surface area (Å²) < 4.78 is 15.9. The minimum Gasteiger partial charge on any atom is -0.496 e. The average molecular weight is 396 g/mol. The van der Waals surface area contributed by atoms with Crippen LogP contribution in [0.1, 0.15) is 29.0 Å². The predicted octanol–water partition coefficient (Wildman–Crippen LogP) is 2.55. The van der Waals surface area contributed by atoms with Gasteiger partial charge in [0, 0.05) is 19.0 Å². The molecule has 2 amide bonds. The van der Waals surface area contributed by atoms with E-state index >= 15 is 0 Å². The van der Waals surface area contributed by atoms with E-state index in [-0.39, 0.29) is 30.8 Å². The number of carbonyl (C=O) groups is 2. The van der Waals surface area contributed by atoms with Crippen LogP contribution in [0, 0.1) is 0 Å². The smallest absolute Gasteiger partial charge is 0.316 e. The Kier molecular flexibility index (Phi) is 6.41. The third kappa shape index (κ3) is 5.32. The molecule has 1 heterocycles. The van der Waals surface area contributed by atoms with E-state index in [4.69, 9.17) is 14.0 Å². The molecule has 9 heteroatoms. The lowest BCUT2D eigenvalue weighted by molar-refractivity contribution is -0.114. The summed E-state index contributed by atoms with van der Waals surface area (Å²) in [5, 5.41) is 9.12. The molecule has 29 heavy (non-hydrogen) atoms. The fraction of sp³-hybridized carbons (Fsp3) is 0.200. The third-order valence-corrected chi connectivity index (χ3v) is 3.85. The number of nitrogens with one attached hydrogen (secondary N) is 2. The zero-order chi connectivity index (χ0) is 20.6. The Morgan fingerprint density at radius 3 is 2.55 bits per heavy atom. The highest BCUT2D eigenvalue weighted by atomic mass is 16.5. The van der Waals surface area contributed by atoms with Gasteiger partial charge < -0.3 is 24.6 Å². The first kappa shape index (κ1) is 19.9. The first-order valence-corrected chi connectivity index (χ1v) is 8.79. The van der Waals surface area contributed by atoms with E-state index in [2.05, 4.69) is 20.8 Å². The lowest BCUT2D eigenvalue weighted by Crippen LogP contribution is -2.23.